The van der Waals surface area contributed by atoms with E-state index in [9.17, 15) is 0 Å². The quantitative estimate of drug-likeness (QED) is 0.642. The largest absolute Gasteiger partial charge is 0.488 e. The molecule has 4 heteroatoms. The molecule has 20 heavy (non-hydrogen) atoms. The Bertz CT molecular complexity index is 447. The van der Waals surface area contributed by atoms with Crippen molar-refractivity contribution in [2.45, 2.75) is 46.8 Å². The van der Waals surface area contributed by atoms with Gasteiger partial charge in [0.05, 0.1) is 6.54 Å². The zero-order valence-corrected chi connectivity index (χ0v) is 13.2. The third-order valence-corrected chi connectivity index (χ3v) is 2.50. The molecule has 0 saturated heterocycles. The fraction of sp³-hybridized carbons (Fsp3) is 0.562. The monoisotopic (exact) mass is 277 g/mol. The van der Waals surface area contributed by atoms with Crippen molar-refractivity contribution in [3.8, 4) is 5.75 Å². The summed E-state index contributed by atoms with van der Waals surface area (Å²) in [5.41, 5.74) is 6.66. The third-order valence-electron chi connectivity index (χ3n) is 2.50. The molecule has 0 amide bonds. The van der Waals surface area contributed by atoms with Crippen LogP contribution in [-0.4, -0.2) is 18.1 Å². The summed E-state index contributed by atoms with van der Waals surface area (Å²) in [7, 11) is 0. The fourth-order valence-corrected chi connectivity index (χ4v) is 1.60. The van der Waals surface area contributed by atoms with Gasteiger partial charge in [0.15, 0.2) is 5.96 Å². The van der Waals surface area contributed by atoms with Gasteiger partial charge in [-0.1, -0.05) is 32.0 Å². The zero-order chi connectivity index (χ0) is 15.2. The summed E-state index contributed by atoms with van der Waals surface area (Å²) in [6.45, 7) is 11.7. The number of nitrogens with zero attached hydrogens (tertiary/aromatic N) is 1. The van der Waals surface area contributed by atoms with Crippen LogP contribution in [0.1, 0.15) is 40.2 Å². The molecule has 0 aromatic heterocycles. The second-order valence-electron chi connectivity index (χ2n) is 6.30. The molecule has 0 unspecified atom stereocenters. The van der Waals surface area contributed by atoms with Crippen LogP contribution in [0.3, 0.4) is 0 Å². The second kappa shape index (κ2) is 7.17. The molecule has 112 valence electrons. The van der Waals surface area contributed by atoms with E-state index >= 15 is 0 Å². The Labute approximate surface area is 122 Å². The molecule has 0 aliphatic heterocycles. The maximum Gasteiger partial charge on any atom is 0.188 e. The van der Waals surface area contributed by atoms with Gasteiger partial charge >= 0.3 is 0 Å². The number of hydrogen-bond acceptors (Lipinski definition) is 2. The Kier molecular flexibility index (Phi) is 5.86. The first-order chi connectivity index (χ1) is 9.28. The molecule has 0 bridgehead atoms. The molecule has 0 atom stereocenters. The van der Waals surface area contributed by atoms with Crippen LogP contribution in [0.4, 0.5) is 0 Å². The van der Waals surface area contributed by atoms with E-state index in [4.69, 9.17) is 10.5 Å². The van der Waals surface area contributed by atoms with Crippen molar-refractivity contribution in [1.82, 2.24) is 5.32 Å². The van der Waals surface area contributed by atoms with Gasteiger partial charge in [-0.05, 0) is 32.8 Å². The molecule has 1 aromatic rings. The predicted molar refractivity (Wildman–Crippen MR) is 85.0 cm³/mol. The average Bonchev–Trinajstić information content (AvgIpc) is 2.33. The van der Waals surface area contributed by atoms with Crippen molar-refractivity contribution in [2.24, 2.45) is 16.6 Å². The Balaban J connectivity index is 2.70. The van der Waals surface area contributed by atoms with Crippen molar-refractivity contribution in [3.63, 3.8) is 0 Å². The van der Waals surface area contributed by atoms with Crippen LogP contribution in [0.5, 0.6) is 5.75 Å². The van der Waals surface area contributed by atoms with E-state index in [1.54, 1.807) is 0 Å². The minimum atomic E-state index is -0.221. The average molecular weight is 277 g/mol. The number of rotatable bonds is 5. The summed E-state index contributed by atoms with van der Waals surface area (Å²) in [6.07, 6.45) is 0. The first kappa shape index (κ1) is 16.3. The zero-order valence-electron chi connectivity index (χ0n) is 13.2. The van der Waals surface area contributed by atoms with Gasteiger partial charge in [0.1, 0.15) is 11.4 Å². The lowest BCUT2D eigenvalue weighted by atomic mass is 10.1. The number of para-hydroxylation sites is 1. The number of benzene rings is 1. The number of ether oxygens (including phenoxy) is 1. The highest BCUT2D eigenvalue weighted by Crippen LogP contribution is 2.23. The highest BCUT2D eigenvalue weighted by atomic mass is 16.5. The number of nitrogens with two attached hydrogens (primary N) is 1. The molecule has 0 radical (unpaired) electrons. The first-order valence-electron chi connectivity index (χ1n) is 7.08. The summed E-state index contributed by atoms with van der Waals surface area (Å²) in [5.74, 6) is 1.88. The van der Waals surface area contributed by atoms with E-state index < -0.39 is 0 Å². The standard InChI is InChI=1S/C16H27N3O/c1-12(2)10-18-15(17)19-11-13-8-6-7-9-14(13)20-16(3,4)5/h6-9,12H,10-11H2,1-5H3,(H3,17,18,19). The molecule has 0 heterocycles. The maximum absolute atomic E-state index is 5.93. The molecule has 3 N–H and O–H groups in total. The van der Waals surface area contributed by atoms with Crippen LogP contribution in [0, 0.1) is 5.92 Å². The molecule has 1 aromatic carbocycles. The van der Waals surface area contributed by atoms with Crippen molar-refractivity contribution in [2.75, 3.05) is 6.54 Å². The van der Waals surface area contributed by atoms with Crippen LogP contribution in [0.15, 0.2) is 29.3 Å². The number of nitrogens with one attached hydrogen (secondary N) is 1. The van der Waals surface area contributed by atoms with Gasteiger partial charge in [-0.15, -0.1) is 0 Å². The fourth-order valence-electron chi connectivity index (χ4n) is 1.60. The van der Waals surface area contributed by atoms with E-state index in [2.05, 4.69) is 24.2 Å². The second-order valence-corrected chi connectivity index (χ2v) is 6.30. The van der Waals surface area contributed by atoms with Crippen LogP contribution in [0.25, 0.3) is 0 Å². The Morgan fingerprint density at radius 2 is 1.95 bits per heavy atom. The van der Waals surface area contributed by atoms with Crippen molar-refractivity contribution in [1.29, 1.82) is 0 Å². The van der Waals surface area contributed by atoms with Gasteiger partial charge < -0.3 is 15.8 Å². The van der Waals surface area contributed by atoms with Gasteiger partial charge in [0.25, 0.3) is 0 Å². The predicted octanol–water partition coefficient (Wildman–Crippen LogP) is 2.92. The topological polar surface area (TPSA) is 59.6 Å². The van der Waals surface area contributed by atoms with Gasteiger partial charge in [-0.2, -0.15) is 0 Å². The number of aliphatic imine (C=N–C) groups is 1. The van der Waals surface area contributed by atoms with Crippen molar-refractivity contribution in [3.05, 3.63) is 29.8 Å². The first-order valence-corrected chi connectivity index (χ1v) is 7.08. The highest BCUT2D eigenvalue weighted by Gasteiger charge is 2.14. The maximum atomic E-state index is 5.93. The van der Waals surface area contributed by atoms with E-state index in [1.807, 2.05) is 45.0 Å². The normalized spacial score (nSPS) is 12.6. The van der Waals surface area contributed by atoms with E-state index in [0.717, 1.165) is 17.9 Å². The summed E-state index contributed by atoms with van der Waals surface area (Å²) < 4.78 is 5.93. The Morgan fingerprint density at radius 3 is 2.55 bits per heavy atom. The SMILES string of the molecule is CC(C)CNC(N)=NCc1ccccc1OC(C)(C)C. The highest BCUT2D eigenvalue weighted by molar-refractivity contribution is 5.77. The third kappa shape index (κ3) is 6.45. The van der Waals surface area contributed by atoms with Gasteiger partial charge in [-0.25, -0.2) is 4.99 Å². The van der Waals surface area contributed by atoms with Gasteiger partial charge in [0, 0.05) is 12.1 Å². The van der Waals surface area contributed by atoms with Crippen LogP contribution in [0.2, 0.25) is 0 Å². The molecule has 1 rings (SSSR count). The molecule has 0 aliphatic rings. The van der Waals surface area contributed by atoms with Crippen molar-refractivity contribution < 1.29 is 4.74 Å². The molecular formula is C16H27N3O. The minimum Gasteiger partial charge on any atom is -0.488 e. The van der Waals surface area contributed by atoms with E-state index in [1.165, 1.54) is 0 Å². The number of guanidine groups is 1. The van der Waals surface area contributed by atoms with Crippen LogP contribution in [-0.2, 0) is 6.54 Å². The molecule has 0 spiro atoms. The van der Waals surface area contributed by atoms with E-state index in [0.29, 0.717) is 18.4 Å². The van der Waals surface area contributed by atoms with Crippen molar-refractivity contribution >= 4 is 5.96 Å². The summed E-state index contributed by atoms with van der Waals surface area (Å²) in [5, 5.41) is 3.11. The molecule has 0 aliphatic carbocycles. The Hall–Kier alpha value is -1.71. The minimum absolute atomic E-state index is 0.221. The summed E-state index contributed by atoms with van der Waals surface area (Å²) in [4.78, 5) is 4.36. The summed E-state index contributed by atoms with van der Waals surface area (Å²) >= 11 is 0. The lowest BCUT2D eigenvalue weighted by molar-refractivity contribution is 0.129. The summed E-state index contributed by atoms with van der Waals surface area (Å²) in [6, 6.07) is 7.93. The lowest BCUT2D eigenvalue weighted by Crippen LogP contribution is -2.34. The lowest BCUT2D eigenvalue weighted by Gasteiger charge is -2.23. The van der Waals surface area contributed by atoms with Crippen LogP contribution < -0.4 is 15.8 Å². The van der Waals surface area contributed by atoms with E-state index in [-0.39, 0.29) is 5.60 Å². The molecule has 4 nitrogen and oxygen atoms in total. The van der Waals surface area contributed by atoms with Gasteiger partial charge in [0.2, 0.25) is 0 Å². The van der Waals surface area contributed by atoms with Gasteiger partial charge in [-0.3, -0.25) is 0 Å². The smallest absolute Gasteiger partial charge is 0.188 e. The molecule has 0 saturated carbocycles. The Morgan fingerprint density at radius 1 is 1.30 bits per heavy atom. The number of hydrogen-bond donors (Lipinski definition) is 2. The van der Waals surface area contributed by atoms with Crippen LogP contribution >= 0.6 is 0 Å². The molecular weight excluding hydrogens is 250 g/mol. The molecule has 0 fully saturated rings.